The lowest BCUT2D eigenvalue weighted by atomic mass is 9.65. The Labute approximate surface area is 110 Å². The zero-order chi connectivity index (χ0) is 13.2. The van der Waals surface area contributed by atoms with Gasteiger partial charge in [-0.2, -0.15) is 0 Å². The maximum atomic E-state index is 11.7. The van der Waals surface area contributed by atoms with E-state index in [9.17, 15) is 15.0 Å². The first-order chi connectivity index (χ1) is 8.55. The van der Waals surface area contributed by atoms with E-state index in [0.29, 0.717) is 5.92 Å². The Bertz CT molecular complexity index is 288. The number of hydrogen-bond donors (Lipinski definition) is 2. The first-order valence-corrected chi connectivity index (χ1v) is 7.51. The SMILES string of the molecule is CC1CCC(C(O)(C(=O)O)C2CCCCC2)CC1. The molecule has 3 heteroatoms. The molecule has 18 heavy (non-hydrogen) atoms. The zero-order valence-corrected chi connectivity index (χ0v) is 11.4. The summed E-state index contributed by atoms with van der Waals surface area (Å²) in [5, 5.41) is 20.4. The smallest absolute Gasteiger partial charge is 0.336 e. The van der Waals surface area contributed by atoms with Crippen molar-refractivity contribution >= 4 is 5.97 Å². The van der Waals surface area contributed by atoms with Gasteiger partial charge in [0.15, 0.2) is 5.60 Å². The molecule has 2 fully saturated rings. The van der Waals surface area contributed by atoms with E-state index in [1.54, 1.807) is 0 Å². The number of aliphatic hydroxyl groups is 1. The van der Waals surface area contributed by atoms with E-state index < -0.39 is 11.6 Å². The Balaban J connectivity index is 2.12. The van der Waals surface area contributed by atoms with Gasteiger partial charge in [-0.3, -0.25) is 0 Å². The summed E-state index contributed by atoms with van der Waals surface area (Å²) in [5.41, 5.74) is -1.46. The van der Waals surface area contributed by atoms with Gasteiger partial charge in [0.2, 0.25) is 0 Å². The van der Waals surface area contributed by atoms with Gasteiger partial charge < -0.3 is 10.2 Å². The molecular formula is C15H26O3. The number of aliphatic carboxylic acids is 1. The van der Waals surface area contributed by atoms with E-state index in [1.165, 1.54) is 6.42 Å². The summed E-state index contributed by atoms with van der Waals surface area (Å²) in [6, 6.07) is 0. The third-order valence-electron chi connectivity index (χ3n) is 5.21. The lowest BCUT2D eigenvalue weighted by Gasteiger charge is -2.43. The molecule has 0 heterocycles. The highest BCUT2D eigenvalue weighted by atomic mass is 16.4. The normalized spacial score (nSPS) is 33.9. The van der Waals surface area contributed by atoms with E-state index >= 15 is 0 Å². The monoisotopic (exact) mass is 254 g/mol. The predicted octanol–water partition coefficient (Wildman–Crippen LogP) is 3.21. The molecule has 0 bridgehead atoms. The highest BCUT2D eigenvalue weighted by molar-refractivity contribution is 5.78. The van der Waals surface area contributed by atoms with Crippen LogP contribution in [0.4, 0.5) is 0 Å². The minimum Gasteiger partial charge on any atom is -0.479 e. The van der Waals surface area contributed by atoms with Crippen LogP contribution in [0.25, 0.3) is 0 Å². The molecule has 0 aromatic rings. The van der Waals surface area contributed by atoms with Gasteiger partial charge in [-0.25, -0.2) is 4.79 Å². The van der Waals surface area contributed by atoms with Crippen molar-refractivity contribution in [1.29, 1.82) is 0 Å². The molecule has 2 saturated carbocycles. The van der Waals surface area contributed by atoms with E-state index in [4.69, 9.17) is 0 Å². The van der Waals surface area contributed by atoms with Crippen LogP contribution in [0.2, 0.25) is 0 Å². The fourth-order valence-corrected chi connectivity index (χ4v) is 3.93. The molecule has 2 N–H and O–H groups in total. The Kier molecular flexibility index (Phi) is 4.31. The molecule has 1 atom stereocenters. The van der Waals surface area contributed by atoms with Gasteiger partial charge in [-0.15, -0.1) is 0 Å². The summed E-state index contributed by atoms with van der Waals surface area (Å²) in [5.74, 6) is -0.351. The molecule has 0 radical (unpaired) electrons. The number of carbonyl (C=O) groups is 1. The standard InChI is InChI=1S/C15H26O3/c1-11-7-9-13(10-8-11)15(18,14(16)17)12-5-3-2-4-6-12/h11-13,18H,2-10H2,1H3,(H,16,17). The Morgan fingerprint density at radius 1 is 0.944 bits per heavy atom. The zero-order valence-electron chi connectivity index (χ0n) is 11.4. The Morgan fingerprint density at radius 3 is 1.94 bits per heavy atom. The van der Waals surface area contributed by atoms with Crippen molar-refractivity contribution in [2.24, 2.45) is 17.8 Å². The van der Waals surface area contributed by atoms with Gasteiger partial charge in [0, 0.05) is 0 Å². The van der Waals surface area contributed by atoms with Gasteiger partial charge >= 0.3 is 5.97 Å². The largest absolute Gasteiger partial charge is 0.479 e. The highest BCUT2D eigenvalue weighted by Gasteiger charge is 2.50. The lowest BCUT2D eigenvalue weighted by Crippen LogP contribution is -2.53. The van der Waals surface area contributed by atoms with Gasteiger partial charge in [0.05, 0.1) is 0 Å². The molecule has 2 rings (SSSR count). The number of rotatable bonds is 3. The molecule has 0 saturated heterocycles. The van der Waals surface area contributed by atoms with Crippen molar-refractivity contribution in [3.8, 4) is 0 Å². The molecule has 0 aromatic carbocycles. The van der Waals surface area contributed by atoms with Crippen LogP contribution in [-0.2, 0) is 4.79 Å². The number of hydrogen-bond acceptors (Lipinski definition) is 2. The van der Waals surface area contributed by atoms with E-state index in [-0.39, 0.29) is 11.8 Å². The average Bonchev–Trinajstić information content (AvgIpc) is 2.39. The minimum atomic E-state index is -1.46. The second-order valence-electron chi connectivity index (χ2n) is 6.42. The molecule has 1 unspecified atom stereocenters. The summed E-state index contributed by atoms with van der Waals surface area (Å²) in [6.07, 6.45) is 8.98. The summed E-state index contributed by atoms with van der Waals surface area (Å²) >= 11 is 0. The second kappa shape index (κ2) is 5.60. The van der Waals surface area contributed by atoms with Crippen molar-refractivity contribution in [3.05, 3.63) is 0 Å². The third kappa shape index (κ3) is 2.56. The molecule has 104 valence electrons. The molecule has 2 aliphatic rings. The summed E-state index contributed by atoms with van der Waals surface area (Å²) in [7, 11) is 0. The number of carboxylic acid groups (broad SMARTS) is 1. The van der Waals surface area contributed by atoms with Crippen LogP contribution in [0.5, 0.6) is 0 Å². The topological polar surface area (TPSA) is 57.5 Å². The second-order valence-corrected chi connectivity index (χ2v) is 6.42. The lowest BCUT2D eigenvalue weighted by molar-refractivity contribution is -0.178. The van der Waals surface area contributed by atoms with Crippen LogP contribution in [0.3, 0.4) is 0 Å². The molecular weight excluding hydrogens is 228 g/mol. The van der Waals surface area contributed by atoms with Crippen molar-refractivity contribution in [1.82, 2.24) is 0 Å². The molecule has 3 nitrogen and oxygen atoms in total. The fraction of sp³-hybridized carbons (Fsp3) is 0.933. The summed E-state index contributed by atoms with van der Waals surface area (Å²) in [4.78, 5) is 11.7. The van der Waals surface area contributed by atoms with Gasteiger partial charge in [-0.1, -0.05) is 39.0 Å². The predicted molar refractivity (Wildman–Crippen MR) is 70.3 cm³/mol. The number of carboxylic acids is 1. The van der Waals surface area contributed by atoms with Crippen LogP contribution in [0, 0.1) is 17.8 Å². The fourth-order valence-electron chi connectivity index (χ4n) is 3.93. The minimum absolute atomic E-state index is 0.0258. The molecule has 0 spiro atoms. The molecule has 0 aromatic heterocycles. The van der Waals surface area contributed by atoms with Crippen LogP contribution in [0.15, 0.2) is 0 Å². The summed E-state index contributed by atoms with van der Waals surface area (Å²) in [6.45, 7) is 2.22. The Morgan fingerprint density at radius 2 is 1.44 bits per heavy atom. The van der Waals surface area contributed by atoms with Crippen LogP contribution >= 0.6 is 0 Å². The summed E-state index contributed by atoms with van der Waals surface area (Å²) < 4.78 is 0. The Hall–Kier alpha value is -0.570. The van der Waals surface area contributed by atoms with Crippen LogP contribution < -0.4 is 0 Å². The quantitative estimate of drug-likeness (QED) is 0.813. The van der Waals surface area contributed by atoms with Crippen molar-refractivity contribution in [3.63, 3.8) is 0 Å². The van der Waals surface area contributed by atoms with Crippen molar-refractivity contribution in [2.75, 3.05) is 0 Å². The van der Waals surface area contributed by atoms with Gasteiger partial charge in [0.25, 0.3) is 0 Å². The van der Waals surface area contributed by atoms with E-state index in [2.05, 4.69) is 6.92 Å². The van der Waals surface area contributed by atoms with Gasteiger partial charge in [-0.05, 0) is 43.4 Å². The van der Waals surface area contributed by atoms with Crippen LogP contribution in [-0.4, -0.2) is 21.8 Å². The highest BCUT2D eigenvalue weighted by Crippen LogP contribution is 2.44. The third-order valence-corrected chi connectivity index (χ3v) is 5.21. The first kappa shape index (κ1) is 13.9. The van der Waals surface area contributed by atoms with E-state index in [1.807, 2.05) is 0 Å². The van der Waals surface area contributed by atoms with Crippen molar-refractivity contribution in [2.45, 2.75) is 70.3 Å². The van der Waals surface area contributed by atoms with Crippen LogP contribution in [0.1, 0.15) is 64.7 Å². The van der Waals surface area contributed by atoms with Crippen molar-refractivity contribution < 1.29 is 15.0 Å². The maximum Gasteiger partial charge on any atom is 0.336 e. The average molecular weight is 254 g/mol. The maximum absolute atomic E-state index is 11.7. The van der Waals surface area contributed by atoms with Gasteiger partial charge in [0.1, 0.15) is 0 Å². The molecule has 2 aliphatic carbocycles. The van der Waals surface area contributed by atoms with E-state index in [0.717, 1.165) is 51.4 Å². The molecule has 0 aliphatic heterocycles. The molecule has 0 amide bonds. The first-order valence-electron chi connectivity index (χ1n) is 7.51.